The van der Waals surface area contributed by atoms with Gasteiger partial charge in [0.2, 0.25) is 0 Å². The molecule has 1 unspecified atom stereocenters. The number of nitrogens with one attached hydrogen (secondary N) is 1. The Labute approximate surface area is 124 Å². The summed E-state index contributed by atoms with van der Waals surface area (Å²) in [6.07, 6.45) is -0.706. The van der Waals surface area contributed by atoms with Crippen LogP contribution in [0.25, 0.3) is 0 Å². The van der Waals surface area contributed by atoms with Crippen molar-refractivity contribution in [2.24, 2.45) is 0 Å². The molecule has 0 heterocycles. The van der Waals surface area contributed by atoms with Crippen LogP contribution >= 0.6 is 15.9 Å². The summed E-state index contributed by atoms with van der Waals surface area (Å²) < 4.78 is 13.7. The molecule has 0 radical (unpaired) electrons. The molecule has 104 valence electrons. The van der Waals surface area contributed by atoms with Crippen LogP contribution in [-0.4, -0.2) is 11.0 Å². The molecule has 20 heavy (non-hydrogen) atoms. The molecule has 5 heteroatoms. The maximum absolute atomic E-state index is 13.2. The van der Waals surface area contributed by atoms with Gasteiger partial charge in [-0.3, -0.25) is 4.79 Å². The van der Waals surface area contributed by atoms with Crippen LogP contribution in [0.1, 0.15) is 28.9 Å². The van der Waals surface area contributed by atoms with Crippen LogP contribution in [0.5, 0.6) is 0 Å². The highest BCUT2D eigenvalue weighted by molar-refractivity contribution is 9.10. The Morgan fingerprint density at radius 1 is 1.30 bits per heavy atom. The Hall–Kier alpha value is -1.72. The van der Waals surface area contributed by atoms with Gasteiger partial charge in [-0.1, -0.05) is 18.2 Å². The largest absolute Gasteiger partial charge is 0.389 e. The molecule has 0 aliphatic carbocycles. The molecule has 0 fully saturated rings. The van der Waals surface area contributed by atoms with Crippen molar-refractivity contribution in [3.8, 4) is 0 Å². The third kappa shape index (κ3) is 3.23. The van der Waals surface area contributed by atoms with Crippen molar-refractivity contribution in [1.29, 1.82) is 0 Å². The average molecular weight is 338 g/mol. The normalized spacial score (nSPS) is 12.0. The lowest BCUT2D eigenvalue weighted by Gasteiger charge is -2.13. The molecule has 1 amide bonds. The van der Waals surface area contributed by atoms with E-state index in [0.29, 0.717) is 15.7 Å². The van der Waals surface area contributed by atoms with Crippen molar-refractivity contribution in [2.45, 2.75) is 13.0 Å². The Balaban J connectivity index is 2.31. The van der Waals surface area contributed by atoms with Gasteiger partial charge in [-0.25, -0.2) is 4.39 Å². The van der Waals surface area contributed by atoms with Gasteiger partial charge in [0.1, 0.15) is 5.82 Å². The molecular weight excluding hydrogens is 325 g/mol. The van der Waals surface area contributed by atoms with Crippen molar-refractivity contribution >= 4 is 27.5 Å². The predicted molar refractivity (Wildman–Crippen MR) is 79.1 cm³/mol. The standard InChI is InChI=1S/C15H13BrFNO2/c1-9(19)11-4-2-3-5-14(11)18-15(20)12-8-10(17)6-7-13(12)16/h2-9,19H,1H3,(H,18,20). The Bertz CT molecular complexity index is 644. The molecule has 0 bridgehead atoms. The number of benzene rings is 2. The first-order valence-electron chi connectivity index (χ1n) is 6.02. The summed E-state index contributed by atoms with van der Waals surface area (Å²) in [5.41, 5.74) is 1.31. The topological polar surface area (TPSA) is 49.3 Å². The number of para-hydroxylation sites is 1. The minimum Gasteiger partial charge on any atom is -0.389 e. The number of hydrogen-bond donors (Lipinski definition) is 2. The van der Waals surface area contributed by atoms with Gasteiger partial charge in [0, 0.05) is 15.7 Å². The Morgan fingerprint density at radius 3 is 2.70 bits per heavy atom. The van der Waals surface area contributed by atoms with E-state index < -0.39 is 17.8 Å². The van der Waals surface area contributed by atoms with Crippen molar-refractivity contribution in [3.05, 3.63) is 63.9 Å². The van der Waals surface area contributed by atoms with Gasteiger partial charge in [-0.15, -0.1) is 0 Å². The van der Waals surface area contributed by atoms with Crippen LogP contribution in [0.3, 0.4) is 0 Å². The van der Waals surface area contributed by atoms with Crippen LogP contribution in [0.15, 0.2) is 46.9 Å². The van der Waals surface area contributed by atoms with E-state index in [9.17, 15) is 14.3 Å². The number of hydrogen-bond acceptors (Lipinski definition) is 2. The highest BCUT2D eigenvalue weighted by Gasteiger charge is 2.14. The molecule has 2 rings (SSSR count). The summed E-state index contributed by atoms with van der Waals surface area (Å²) in [5, 5.41) is 12.3. The zero-order chi connectivity index (χ0) is 14.7. The number of carbonyl (C=O) groups excluding carboxylic acids is 1. The molecule has 0 saturated carbocycles. The fourth-order valence-electron chi connectivity index (χ4n) is 1.84. The van der Waals surface area contributed by atoms with Crippen molar-refractivity contribution < 1.29 is 14.3 Å². The van der Waals surface area contributed by atoms with Gasteiger partial charge in [-0.2, -0.15) is 0 Å². The zero-order valence-corrected chi connectivity index (χ0v) is 12.3. The molecule has 0 aromatic heterocycles. The highest BCUT2D eigenvalue weighted by Crippen LogP contribution is 2.24. The van der Waals surface area contributed by atoms with Gasteiger partial charge in [0.25, 0.3) is 5.91 Å². The average Bonchev–Trinajstić information content (AvgIpc) is 2.41. The molecule has 0 aliphatic heterocycles. The molecule has 3 nitrogen and oxygen atoms in total. The lowest BCUT2D eigenvalue weighted by Crippen LogP contribution is -2.14. The Kier molecular flexibility index (Phi) is 4.52. The van der Waals surface area contributed by atoms with E-state index in [-0.39, 0.29) is 5.56 Å². The fourth-order valence-corrected chi connectivity index (χ4v) is 2.26. The quantitative estimate of drug-likeness (QED) is 0.892. The van der Waals surface area contributed by atoms with E-state index in [1.807, 2.05) is 0 Å². The first-order valence-corrected chi connectivity index (χ1v) is 6.81. The van der Waals surface area contributed by atoms with Gasteiger partial charge < -0.3 is 10.4 Å². The molecule has 1 atom stereocenters. The van der Waals surface area contributed by atoms with Crippen molar-refractivity contribution in [3.63, 3.8) is 0 Å². The van der Waals surface area contributed by atoms with Crippen LogP contribution in [0.2, 0.25) is 0 Å². The molecule has 0 aliphatic rings. The summed E-state index contributed by atoms with van der Waals surface area (Å²) in [6, 6.07) is 10.8. The number of aliphatic hydroxyl groups is 1. The van der Waals surface area contributed by atoms with Gasteiger partial charge in [0.05, 0.1) is 11.7 Å². The second-order valence-corrected chi connectivity index (χ2v) is 5.20. The third-order valence-electron chi connectivity index (χ3n) is 2.83. The van der Waals surface area contributed by atoms with Crippen molar-refractivity contribution in [1.82, 2.24) is 0 Å². The first kappa shape index (κ1) is 14.7. The van der Waals surface area contributed by atoms with Crippen LogP contribution in [0, 0.1) is 5.82 Å². The summed E-state index contributed by atoms with van der Waals surface area (Å²) in [4.78, 5) is 12.2. The van der Waals surface area contributed by atoms with Crippen molar-refractivity contribution in [2.75, 3.05) is 5.32 Å². The Morgan fingerprint density at radius 2 is 2.00 bits per heavy atom. The second kappa shape index (κ2) is 6.15. The lowest BCUT2D eigenvalue weighted by molar-refractivity contribution is 0.102. The minimum absolute atomic E-state index is 0.199. The maximum Gasteiger partial charge on any atom is 0.256 e. The van der Waals surface area contributed by atoms with Crippen LogP contribution in [0.4, 0.5) is 10.1 Å². The smallest absolute Gasteiger partial charge is 0.256 e. The van der Waals surface area contributed by atoms with Crippen LogP contribution < -0.4 is 5.32 Å². The minimum atomic E-state index is -0.706. The van der Waals surface area contributed by atoms with E-state index in [4.69, 9.17) is 0 Å². The van der Waals surface area contributed by atoms with Gasteiger partial charge >= 0.3 is 0 Å². The number of halogens is 2. The highest BCUT2D eigenvalue weighted by atomic mass is 79.9. The van der Waals surface area contributed by atoms with E-state index >= 15 is 0 Å². The summed E-state index contributed by atoms with van der Waals surface area (Å²) in [7, 11) is 0. The van der Waals surface area contributed by atoms with Gasteiger partial charge in [0.15, 0.2) is 0 Å². The van der Waals surface area contributed by atoms with E-state index in [2.05, 4.69) is 21.2 Å². The molecule has 2 aromatic rings. The molecular formula is C15H13BrFNO2. The fraction of sp³-hybridized carbons (Fsp3) is 0.133. The number of carbonyl (C=O) groups is 1. The number of rotatable bonds is 3. The zero-order valence-electron chi connectivity index (χ0n) is 10.7. The summed E-state index contributed by atoms with van der Waals surface area (Å²) in [5.74, 6) is -0.924. The lowest BCUT2D eigenvalue weighted by atomic mass is 10.1. The molecule has 2 N–H and O–H groups in total. The summed E-state index contributed by atoms with van der Waals surface area (Å²) in [6.45, 7) is 1.61. The second-order valence-electron chi connectivity index (χ2n) is 4.34. The predicted octanol–water partition coefficient (Wildman–Crippen LogP) is 3.89. The SMILES string of the molecule is CC(O)c1ccccc1NC(=O)c1cc(F)ccc1Br. The number of aliphatic hydroxyl groups excluding tert-OH is 1. The van der Waals surface area contributed by atoms with E-state index in [0.717, 1.165) is 6.07 Å². The monoisotopic (exact) mass is 337 g/mol. The van der Waals surface area contributed by atoms with E-state index in [1.165, 1.54) is 12.1 Å². The molecule has 0 saturated heterocycles. The molecule has 2 aromatic carbocycles. The molecule has 0 spiro atoms. The first-order chi connectivity index (χ1) is 9.49. The summed E-state index contributed by atoms with van der Waals surface area (Å²) >= 11 is 3.21. The number of anilines is 1. The van der Waals surface area contributed by atoms with Crippen LogP contribution in [-0.2, 0) is 0 Å². The third-order valence-corrected chi connectivity index (χ3v) is 3.52. The van der Waals surface area contributed by atoms with E-state index in [1.54, 1.807) is 31.2 Å². The number of amides is 1. The van der Waals surface area contributed by atoms with Gasteiger partial charge in [-0.05, 0) is 47.1 Å². The maximum atomic E-state index is 13.2.